The van der Waals surface area contributed by atoms with E-state index in [1.165, 1.54) is 6.21 Å². The summed E-state index contributed by atoms with van der Waals surface area (Å²) in [6.45, 7) is 8.57. The summed E-state index contributed by atoms with van der Waals surface area (Å²) in [7, 11) is -3.45. The second kappa shape index (κ2) is 4.36. The van der Waals surface area contributed by atoms with Crippen molar-refractivity contribution in [2.45, 2.75) is 45.8 Å². The van der Waals surface area contributed by atoms with Gasteiger partial charge in [-0.3, -0.25) is 0 Å². The van der Waals surface area contributed by atoms with Crippen molar-refractivity contribution in [2.75, 3.05) is 0 Å². The topological polar surface area (TPSA) is 46.5 Å². The maximum atomic E-state index is 11.7. The lowest BCUT2D eigenvalue weighted by Crippen LogP contribution is -2.27. The number of sulfonamides is 1. The SMILES string of the molecule is C#CCC(C)(C)/C=N/S(=O)(=O)C(C)(C)C. The number of terminal acetylenes is 1. The van der Waals surface area contributed by atoms with Gasteiger partial charge >= 0.3 is 0 Å². The molecular weight excluding hydrogens is 210 g/mol. The van der Waals surface area contributed by atoms with Crippen LogP contribution in [-0.2, 0) is 10.0 Å². The number of rotatable bonds is 3. The van der Waals surface area contributed by atoms with E-state index in [0.29, 0.717) is 6.42 Å². The molecule has 3 nitrogen and oxygen atoms in total. The van der Waals surface area contributed by atoms with Crippen molar-refractivity contribution in [2.24, 2.45) is 9.81 Å². The van der Waals surface area contributed by atoms with Crippen molar-refractivity contribution in [3.05, 3.63) is 0 Å². The molecule has 0 aromatic rings. The van der Waals surface area contributed by atoms with Crippen LogP contribution >= 0.6 is 0 Å². The Labute approximate surface area is 93.0 Å². The maximum absolute atomic E-state index is 11.7. The summed E-state index contributed by atoms with van der Waals surface area (Å²) in [5.41, 5.74) is -0.382. The Hall–Kier alpha value is -0.820. The third-order valence-corrected chi connectivity index (χ3v) is 3.80. The van der Waals surface area contributed by atoms with Crippen LogP contribution in [0.25, 0.3) is 0 Å². The molecule has 86 valence electrons. The van der Waals surface area contributed by atoms with Crippen LogP contribution in [-0.4, -0.2) is 19.4 Å². The molecule has 0 rings (SSSR count). The van der Waals surface area contributed by atoms with Gasteiger partial charge in [-0.25, -0.2) is 8.42 Å². The smallest absolute Gasteiger partial charge is 0.204 e. The second-order valence-corrected chi connectivity index (χ2v) is 7.58. The van der Waals surface area contributed by atoms with Gasteiger partial charge in [0.2, 0.25) is 0 Å². The first-order valence-corrected chi connectivity index (χ1v) is 6.20. The van der Waals surface area contributed by atoms with Crippen molar-refractivity contribution in [1.82, 2.24) is 0 Å². The van der Waals surface area contributed by atoms with Crippen LogP contribution in [0.15, 0.2) is 4.40 Å². The molecule has 0 saturated carbocycles. The first kappa shape index (κ1) is 14.2. The highest BCUT2D eigenvalue weighted by Gasteiger charge is 2.28. The van der Waals surface area contributed by atoms with Gasteiger partial charge in [0.1, 0.15) is 0 Å². The molecule has 15 heavy (non-hydrogen) atoms. The van der Waals surface area contributed by atoms with Crippen LogP contribution < -0.4 is 0 Å². The Balaban J connectivity index is 4.92. The van der Waals surface area contributed by atoms with Gasteiger partial charge in [-0.05, 0) is 20.8 Å². The highest BCUT2D eigenvalue weighted by atomic mass is 32.2. The fraction of sp³-hybridized carbons (Fsp3) is 0.727. The molecule has 0 aliphatic carbocycles. The van der Waals surface area contributed by atoms with Crippen molar-refractivity contribution >= 4 is 16.2 Å². The van der Waals surface area contributed by atoms with Gasteiger partial charge < -0.3 is 0 Å². The average molecular weight is 229 g/mol. The van der Waals surface area contributed by atoms with Crippen LogP contribution in [0.3, 0.4) is 0 Å². The summed E-state index contributed by atoms with van der Waals surface area (Å²) in [6.07, 6.45) is 7.07. The molecule has 0 heterocycles. The van der Waals surface area contributed by atoms with E-state index in [2.05, 4.69) is 10.3 Å². The Kier molecular flexibility index (Phi) is 4.12. The number of nitrogens with zero attached hydrogens (tertiary/aromatic N) is 1. The van der Waals surface area contributed by atoms with Crippen LogP contribution in [0, 0.1) is 17.8 Å². The van der Waals surface area contributed by atoms with E-state index >= 15 is 0 Å². The molecule has 0 N–H and O–H groups in total. The summed E-state index contributed by atoms with van der Waals surface area (Å²) in [4.78, 5) is 0. The average Bonchev–Trinajstić information content (AvgIpc) is 1.99. The molecule has 0 aliphatic rings. The van der Waals surface area contributed by atoms with E-state index in [1.54, 1.807) is 20.8 Å². The lowest BCUT2D eigenvalue weighted by atomic mass is 9.92. The van der Waals surface area contributed by atoms with E-state index in [-0.39, 0.29) is 5.41 Å². The predicted molar refractivity (Wildman–Crippen MR) is 64.4 cm³/mol. The van der Waals surface area contributed by atoms with Gasteiger partial charge in [-0.2, -0.15) is 4.40 Å². The summed E-state index contributed by atoms with van der Waals surface area (Å²) in [5.74, 6) is 2.50. The van der Waals surface area contributed by atoms with Gasteiger partial charge in [-0.15, -0.1) is 12.3 Å². The molecule has 0 amide bonds. The molecule has 0 unspecified atom stereocenters. The Bertz CT molecular complexity index is 378. The Morgan fingerprint density at radius 3 is 2.07 bits per heavy atom. The number of hydrogen-bond acceptors (Lipinski definition) is 2. The van der Waals surface area contributed by atoms with Crippen LogP contribution in [0.1, 0.15) is 41.0 Å². The minimum absolute atomic E-state index is 0.382. The zero-order chi connectivity index (χ0) is 12.3. The summed E-state index contributed by atoms with van der Waals surface area (Å²) < 4.78 is 26.1. The number of hydrogen-bond donors (Lipinski definition) is 0. The van der Waals surface area contributed by atoms with Crippen molar-refractivity contribution in [1.29, 1.82) is 0 Å². The van der Waals surface area contributed by atoms with Crippen LogP contribution in [0.2, 0.25) is 0 Å². The molecular formula is C11H19NO2S. The molecule has 0 bridgehead atoms. The monoisotopic (exact) mass is 229 g/mol. The second-order valence-electron chi connectivity index (χ2n) is 5.19. The van der Waals surface area contributed by atoms with E-state index < -0.39 is 14.8 Å². The lowest BCUT2D eigenvalue weighted by molar-refractivity contribution is 0.547. The van der Waals surface area contributed by atoms with Crippen LogP contribution in [0.4, 0.5) is 0 Å². The maximum Gasteiger partial charge on any atom is 0.257 e. The summed E-state index contributed by atoms with van der Waals surface area (Å²) in [6, 6.07) is 0. The standard InChI is InChI=1S/C11H19NO2S/c1-7-8-11(5,6)9-12-15(13,14)10(2,3)4/h1,9H,8H2,2-6H3/b12-9+. The first-order valence-electron chi connectivity index (χ1n) is 4.76. The van der Waals surface area contributed by atoms with Gasteiger partial charge in [0.05, 0.1) is 4.75 Å². The fourth-order valence-corrected chi connectivity index (χ4v) is 1.42. The van der Waals surface area contributed by atoms with Gasteiger partial charge in [0.15, 0.2) is 0 Å². The lowest BCUT2D eigenvalue weighted by Gasteiger charge is -2.18. The molecule has 4 heteroatoms. The highest BCUT2D eigenvalue weighted by molar-refractivity contribution is 7.91. The molecule has 0 aliphatic heterocycles. The minimum atomic E-state index is -3.45. The van der Waals surface area contributed by atoms with E-state index in [1.807, 2.05) is 13.8 Å². The zero-order valence-electron chi connectivity index (χ0n) is 10.0. The van der Waals surface area contributed by atoms with Crippen molar-refractivity contribution < 1.29 is 8.42 Å². The molecule has 0 aromatic carbocycles. The Morgan fingerprint density at radius 1 is 1.27 bits per heavy atom. The fourth-order valence-electron chi connectivity index (χ4n) is 0.679. The third kappa shape index (κ3) is 4.48. The largest absolute Gasteiger partial charge is 0.257 e. The van der Waals surface area contributed by atoms with Crippen molar-refractivity contribution in [3.63, 3.8) is 0 Å². The molecule has 0 spiro atoms. The molecule has 0 saturated heterocycles. The Morgan fingerprint density at radius 2 is 1.73 bits per heavy atom. The third-order valence-electron chi connectivity index (χ3n) is 1.87. The van der Waals surface area contributed by atoms with Crippen molar-refractivity contribution in [3.8, 4) is 12.3 Å². The van der Waals surface area contributed by atoms with Gasteiger partial charge in [0, 0.05) is 18.1 Å². The quantitative estimate of drug-likeness (QED) is 0.550. The summed E-state index contributed by atoms with van der Waals surface area (Å²) in [5, 5.41) is 0. The molecule has 0 atom stereocenters. The van der Waals surface area contributed by atoms with E-state index in [0.717, 1.165) is 0 Å². The normalized spacial score (nSPS) is 14.1. The van der Waals surface area contributed by atoms with E-state index in [9.17, 15) is 8.42 Å². The van der Waals surface area contributed by atoms with Crippen LogP contribution in [0.5, 0.6) is 0 Å². The zero-order valence-corrected chi connectivity index (χ0v) is 10.9. The highest BCUT2D eigenvalue weighted by Crippen LogP contribution is 2.21. The molecule has 0 radical (unpaired) electrons. The minimum Gasteiger partial charge on any atom is -0.204 e. The van der Waals surface area contributed by atoms with Gasteiger partial charge in [-0.1, -0.05) is 13.8 Å². The predicted octanol–water partition coefficient (Wildman–Crippen LogP) is 2.24. The summed E-state index contributed by atoms with van der Waals surface area (Å²) >= 11 is 0. The first-order chi connectivity index (χ1) is 6.52. The molecule has 0 fully saturated rings. The molecule has 0 aromatic heterocycles. The van der Waals surface area contributed by atoms with Gasteiger partial charge in [0.25, 0.3) is 10.0 Å². The van der Waals surface area contributed by atoms with E-state index in [4.69, 9.17) is 6.42 Å².